The number of aryl methyl sites for hydroxylation is 2. The van der Waals surface area contributed by atoms with E-state index in [9.17, 15) is 22.8 Å². The van der Waals surface area contributed by atoms with Gasteiger partial charge in [0.1, 0.15) is 12.3 Å². The Balaban J connectivity index is 0.000000154. The highest BCUT2D eigenvalue weighted by Gasteiger charge is 2.15. The largest absolute Gasteiger partial charge is 0.465 e. The fraction of sp³-hybridized carbons (Fsp3) is 0.188. The van der Waals surface area contributed by atoms with Gasteiger partial charge in [0, 0.05) is 46.6 Å². The number of hydrogen-bond donors (Lipinski definition) is 2. The molecule has 2 N–H and O–H groups in total. The Morgan fingerprint density at radius 3 is 1.90 bits per heavy atom. The predicted octanol–water partition coefficient (Wildman–Crippen LogP) is 7.13. The lowest BCUT2D eigenvalue weighted by Crippen LogP contribution is -2.36. The third kappa shape index (κ3) is 14.1. The number of ether oxygens (including phenoxy) is 3. The second-order valence-electron chi connectivity index (χ2n) is 15.0. The zero-order valence-electron chi connectivity index (χ0n) is 37.8. The molecule has 18 nitrogen and oxygen atoms in total. The lowest BCUT2D eigenvalue weighted by Gasteiger charge is -2.03. The third-order valence-corrected chi connectivity index (χ3v) is 10.5. The van der Waals surface area contributed by atoms with Gasteiger partial charge in [-0.3, -0.25) is 28.9 Å². The third-order valence-electron chi connectivity index (χ3n) is 9.74. The highest BCUT2D eigenvalue weighted by Crippen LogP contribution is 2.19. The van der Waals surface area contributed by atoms with Crippen LogP contribution in [0.4, 0.5) is 0 Å². The smallest absolute Gasteiger partial charge is 0.337 e. The number of hydrogen-bond acceptors (Lipinski definition) is 14. The molecule has 9 rings (SSSR count). The van der Waals surface area contributed by atoms with Crippen LogP contribution in [-0.2, 0) is 48.2 Å². The number of halogens is 1. The highest BCUT2D eigenvalue weighted by molar-refractivity contribution is 7.85. The van der Waals surface area contributed by atoms with Crippen molar-refractivity contribution >= 4 is 72.3 Å². The second kappa shape index (κ2) is 23.0. The van der Waals surface area contributed by atoms with Crippen molar-refractivity contribution in [2.24, 2.45) is 0 Å². The predicted molar refractivity (Wildman–Crippen MR) is 253 cm³/mol. The molecule has 0 aliphatic rings. The van der Waals surface area contributed by atoms with Crippen molar-refractivity contribution in [1.29, 1.82) is 0 Å². The van der Waals surface area contributed by atoms with E-state index in [0.29, 0.717) is 40.5 Å². The summed E-state index contributed by atoms with van der Waals surface area (Å²) < 4.78 is 43.7. The topological polar surface area (TPSA) is 227 Å². The van der Waals surface area contributed by atoms with Crippen LogP contribution in [0.5, 0.6) is 0 Å². The monoisotopic (exact) mass is 960 g/mol. The van der Waals surface area contributed by atoms with Gasteiger partial charge in [0.05, 0.1) is 91.0 Å². The van der Waals surface area contributed by atoms with Gasteiger partial charge in [0.25, 0.3) is 10.1 Å². The number of carbonyl (C=O) groups is 3. The van der Waals surface area contributed by atoms with E-state index < -0.39 is 16.1 Å². The van der Waals surface area contributed by atoms with Gasteiger partial charge in [0.2, 0.25) is 12.1 Å². The molecular weight excluding hydrogens is 914 g/mol. The molecule has 0 saturated heterocycles. The van der Waals surface area contributed by atoms with E-state index >= 15 is 0 Å². The van der Waals surface area contributed by atoms with Crippen molar-refractivity contribution in [3.05, 3.63) is 178 Å². The van der Waals surface area contributed by atoms with E-state index in [0.717, 1.165) is 45.0 Å². The normalized spacial score (nSPS) is 10.8. The molecule has 0 saturated carbocycles. The average molecular weight is 961 g/mol. The Morgan fingerprint density at radius 2 is 1.26 bits per heavy atom. The number of H-pyrrole nitrogens is 2. The number of aromatic nitrogens is 9. The molecule has 350 valence electrons. The highest BCUT2D eigenvalue weighted by atomic mass is 35.5. The maximum absolute atomic E-state index is 11.6. The molecule has 9 aromatic rings. The molecule has 0 aliphatic heterocycles. The van der Waals surface area contributed by atoms with Crippen molar-refractivity contribution in [2.45, 2.75) is 33.5 Å². The SMILES string of the molecule is COC(=O)c1ccnc(COS(C)(=O)=O)c1.COC(=O)c1ccnc(C[n+]2[nH]cc3cc(C)ccc32)c1.COC(=O)c1ccnc(Cn2cc3cc(Cl)ccc3n2)c1.Cc1ccc2[nH]ncc2c1. The summed E-state index contributed by atoms with van der Waals surface area (Å²) in [6, 6.07) is 27.6. The van der Waals surface area contributed by atoms with Crippen LogP contribution in [0.1, 0.15) is 59.3 Å². The molecule has 3 aromatic carbocycles. The molecular formula is C48H47ClN9O9S+. The number of rotatable bonds is 10. The van der Waals surface area contributed by atoms with Gasteiger partial charge in [-0.1, -0.05) is 29.3 Å². The number of pyridine rings is 3. The standard InChI is InChI=1S/C16H15N3O2.C15H12ClN3O2.C9H11NO5S.C8H8N2/c1-11-3-4-15-13(7-11)9-18-19(15)10-14-8-12(5-6-17-14)16(20)21-2;1-21-15(20)10-4-5-17-13(7-10)9-19-8-11-6-12(16)2-3-14(11)18-19;1-14-9(11)7-3-4-10-8(5-7)6-15-16(2,12)13;1-6-2-3-8-7(4-6)5-9-10-8/h3-9H,10H2,1-2H3;2-8H,9H2,1H3;3-5H,6H2,1-2H3;2-5H,1H3,(H,9,10)/p+1. The fourth-order valence-corrected chi connectivity index (χ4v) is 7.01. The van der Waals surface area contributed by atoms with Gasteiger partial charge in [0.15, 0.2) is 0 Å². The second-order valence-corrected chi connectivity index (χ2v) is 17.0. The zero-order valence-corrected chi connectivity index (χ0v) is 39.4. The minimum absolute atomic E-state index is 0.205. The molecule has 0 atom stereocenters. The van der Waals surface area contributed by atoms with E-state index in [4.69, 9.17) is 21.1 Å². The summed E-state index contributed by atoms with van der Waals surface area (Å²) in [6.07, 6.45) is 11.2. The van der Waals surface area contributed by atoms with E-state index in [-0.39, 0.29) is 18.5 Å². The molecule has 20 heteroatoms. The number of esters is 3. The lowest BCUT2D eigenvalue weighted by atomic mass is 10.2. The van der Waals surface area contributed by atoms with Crippen molar-refractivity contribution in [3.8, 4) is 0 Å². The Labute approximate surface area is 396 Å². The summed E-state index contributed by atoms with van der Waals surface area (Å²) in [5.74, 6) is -1.24. The number of methoxy groups -OCH3 is 3. The number of nitrogens with zero attached hydrogens (tertiary/aromatic N) is 7. The quantitative estimate of drug-likeness (QED) is 0.0602. The summed E-state index contributed by atoms with van der Waals surface area (Å²) in [6.45, 7) is 4.98. The van der Waals surface area contributed by atoms with Gasteiger partial charge < -0.3 is 14.2 Å². The van der Waals surface area contributed by atoms with E-state index in [2.05, 4.69) is 88.4 Å². The average Bonchev–Trinajstić information content (AvgIpc) is 4.08. The lowest BCUT2D eigenvalue weighted by molar-refractivity contribution is -0.719. The molecule has 6 aromatic heterocycles. The van der Waals surface area contributed by atoms with Gasteiger partial charge in [-0.2, -0.15) is 23.7 Å². The summed E-state index contributed by atoms with van der Waals surface area (Å²) in [7, 11) is 0.469. The number of aromatic amines is 2. The molecule has 0 radical (unpaired) electrons. The fourth-order valence-electron chi connectivity index (χ4n) is 6.49. The zero-order chi connectivity index (χ0) is 48.8. The van der Waals surface area contributed by atoms with Gasteiger partial charge in [-0.25, -0.2) is 14.4 Å². The first kappa shape index (κ1) is 49.6. The molecule has 0 amide bonds. The number of carbonyl (C=O) groups excluding carboxylic acids is 3. The molecule has 0 unspecified atom stereocenters. The summed E-state index contributed by atoms with van der Waals surface area (Å²) >= 11 is 5.96. The molecule has 0 aliphatic carbocycles. The van der Waals surface area contributed by atoms with E-state index in [1.165, 1.54) is 56.2 Å². The Hall–Kier alpha value is -7.87. The number of benzene rings is 3. The van der Waals surface area contributed by atoms with Crippen LogP contribution >= 0.6 is 11.6 Å². The van der Waals surface area contributed by atoms with Crippen molar-refractivity contribution in [1.82, 2.24) is 40.0 Å². The Kier molecular flexibility index (Phi) is 16.8. The van der Waals surface area contributed by atoms with Crippen molar-refractivity contribution in [2.75, 3.05) is 27.6 Å². The van der Waals surface area contributed by atoms with Crippen LogP contribution in [0.15, 0.2) is 128 Å². The first-order chi connectivity index (χ1) is 32.6. The minimum Gasteiger partial charge on any atom is -0.465 e. The van der Waals surface area contributed by atoms with Gasteiger partial charge in [-0.15, -0.1) is 4.68 Å². The van der Waals surface area contributed by atoms with Crippen LogP contribution in [0.25, 0.3) is 32.7 Å². The van der Waals surface area contributed by atoms with Crippen molar-refractivity contribution in [3.63, 3.8) is 0 Å². The number of nitrogens with one attached hydrogen (secondary N) is 2. The van der Waals surface area contributed by atoms with Gasteiger partial charge in [-0.05, 0) is 92.2 Å². The summed E-state index contributed by atoms with van der Waals surface area (Å²) in [5, 5.41) is 18.4. The van der Waals surface area contributed by atoms with Crippen LogP contribution in [-0.4, -0.2) is 93.9 Å². The summed E-state index contributed by atoms with van der Waals surface area (Å²) in [4.78, 5) is 46.6. The van der Waals surface area contributed by atoms with Crippen LogP contribution in [0.2, 0.25) is 5.02 Å². The summed E-state index contributed by atoms with van der Waals surface area (Å²) in [5.41, 5.74) is 8.72. The minimum atomic E-state index is -3.52. The van der Waals surface area contributed by atoms with Crippen molar-refractivity contribution < 1.29 is 45.9 Å². The molecule has 0 bridgehead atoms. The number of fused-ring (bicyclic) bond motifs is 3. The van der Waals surface area contributed by atoms with E-state index in [1.54, 1.807) is 47.4 Å². The maximum Gasteiger partial charge on any atom is 0.337 e. The molecule has 0 spiro atoms. The molecule has 0 fully saturated rings. The van der Waals surface area contributed by atoms with Crippen LogP contribution in [0, 0.1) is 13.8 Å². The van der Waals surface area contributed by atoms with Gasteiger partial charge >= 0.3 is 17.9 Å². The van der Waals surface area contributed by atoms with E-state index in [1.807, 2.05) is 41.5 Å². The Bertz CT molecular complexity index is 3310. The molecule has 68 heavy (non-hydrogen) atoms. The van der Waals surface area contributed by atoms with Crippen LogP contribution in [0.3, 0.4) is 0 Å². The van der Waals surface area contributed by atoms with Crippen LogP contribution < -0.4 is 4.68 Å². The Morgan fingerprint density at radius 1 is 0.691 bits per heavy atom. The molecule has 6 heterocycles. The first-order valence-electron chi connectivity index (χ1n) is 20.6. The maximum atomic E-state index is 11.6. The first-order valence-corrected chi connectivity index (χ1v) is 22.7.